The lowest BCUT2D eigenvalue weighted by Crippen LogP contribution is -2.12. The van der Waals surface area contributed by atoms with Crippen molar-refractivity contribution in [3.63, 3.8) is 0 Å². The van der Waals surface area contributed by atoms with Crippen LogP contribution in [0.25, 0.3) is 52.6 Å². The van der Waals surface area contributed by atoms with E-state index < -0.39 is 0 Å². The summed E-state index contributed by atoms with van der Waals surface area (Å²) in [6.07, 6.45) is 3.10. The van der Waals surface area contributed by atoms with E-state index in [4.69, 9.17) is 4.98 Å². The first kappa shape index (κ1) is 24.3. The first-order valence-electron chi connectivity index (χ1n) is 13.1. The van der Waals surface area contributed by atoms with Crippen molar-refractivity contribution >= 4 is 53.6 Å². The quantitative estimate of drug-likeness (QED) is 0.226. The van der Waals surface area contributed by atoms with Gasteiger partial charge in [-0.1, -0.05) is 71.0 Å². The number of hydrogen-bond acceptors (Lipinski definition) is 3. The number of rotatable bonds is 4. The van der Waals surface area contributed by atoms with Crippen LogP contribution in [0.5, 0.6) is 0 Å². The Morgan fingerprint density at radius 2 is 1.65 bits per heavy atom. The Bertz CT molecular complexity index is 1780. The predicted molar refractivity (Wildman–Crippen MR) is 165 cm³/mol. The van der Waals surface area contributed by atoms with Crippen molar-refractivity contribution in [2.45, 2.75) is 53.4 Å². The number of thiophene rings is 2. The molecule has 6 aromatic rings. The van der Waals surface area contributed by atoms with Crippen LogP contribution in [0.2, 0.25) is 0 Å². The highest BCUT2D eigenvalue weighted by molar-refractivity contribution is 7.24. The molecule has 3 aromatic carbocycles. The fraction of sp³-hybridized carbons (Fsp3) is 0.265. The van der Waals surface area contributed by atoms with Crippen LogP contribution >= 0.6 is 22.7 Å². The predicted octanol–water partition coefficient (Wildman–Crippen LogP) is 10.8. The topological polar surface area (TPSA) is 12.9 Å². The highest BCUT2D eigenvalue weighted by Gasteiger charge is 2.21. The molecule has 0 bridgehead atoms. The Morgan fingerprint density at radius 3 is 2.43 bits per heavy atom. The number of aromatic nitrogens is 1. The van der Waals surface area contributed by atoms with E-state index >= 15 is 0 Å². The lowest BCUT2D eigenvalue weighted by atomic mass is 9.82. The van der Waals surface area contributed by atoms with E-state index in [0.29, 0.717) is 5.92 Å². The van der Waals surface area contributed by atoms with Gasteiger partial charge in [0.2, 0.25) is 0 Å². The summed E-state index contributed by atoms with van der Waals surface area (Å²) in [5.74, 6) is 0.667. The number of pyridine rings is 1. The molecule has 3 aromatic heterocycles. The van der Waals surface area contributed by atoms with Crippen molar-refractivity contribution in [3.8, 4) is 21.7 Å². The van der Waals surface area contributed by atoms with Gasteiger partial charge < -0.3 is 0 Å². The molecule has 186 valence electrons. The minimum Gasteiger partial charge on any atom is -0.255 e. The highest BCUT2D eigenvalue weighted by Crippen LogP contribution is 2.45. The van der Waals surface area contributed by atoms with Crippen LogP contribution in [-0.2, 0) is 11.8 Å². The molecule has 0 saturated heterocycles. The molecule has 0 aliphatic rings. The van der Waals surface area contributed by atoms with Gasteiger partial charge in [-0.25, -0.2) is 0 Å². The molecule has 0 saturated carbocycles. The van der Waals surface area contributed by atoms with Gasteiger partial charge in [-0.3, -0.25) is 4.98 Å². The second-order valence-corrected chi connectivity index (χ2v) is 14.0. The molecule has 0 atom stereocenters. The third kappa shape index (κ3) is 4.39. The minimum atomic E-state index is 0.0469. The molecule has 0 unspecified atom stereocenters. The molecule has 0 amide bonds. The van der Waals surface area contributed by atoms with Gasteiger partial charge in [0.05, 0.1) is 10.4 Å². The molecule has 3 heterocycles. The standard InChI is InChI=1S/C34H33NS2/c1-20(2)15-22-11-12-27-29(16-22)36-21(3)31(27)30-19-24-13-14-35-32(33(24)37-30)25-17-23-9-7-8-10-26(23)28(18-25)34(4,5)6/h7-14,16-20H,15H2,1-6H3. The second kappa shape index (κ2) is 9.08. The summed E-state index contributed by atoms with van der Waals surface area (Å²) in [4.78, 5) is 7.66. The molecule has 6 rings (SSSR count). The Kier molecular flexibility index (Phi) is 5.97. The zero-order valence-electron chi connectivity index (χ0n) is 22.5. The van der Waals surface area contributed by atoms with E-state index in [1.165, 1.54) is 63.0 Å². The molecular weight excluding hydrogens is 487 g/mol. The normalized spacial score (nSPS) is 12.4. The molecular formula is C34H33NS2. The van der Waals surface area contributed by atoms with Crippen molar-refractivity contribution < 1.29 is 0 Å². The maximum Gasteiger partial charge on any atom is 0.0880 e. The maximum absolute atomic E-state index is 4.94. The SMILES string of the molecule is Cc1sc2cc(CC(C)C)ccc2c1-c1cc2ccnc(-c3cc(C(C)(C)C)c4ccccc4c3)c2s1. The number of aryl methyl sites for hydroxylation is 1. The first-order chi connectivity index (χ1) is 17.7. The summed E-state index contributed by atoms with van der Waals surface area (Å²) in [6, 6.07) is 25.0. The maximum atomic E-state index is 4.94. The summed E-state index contributed by atoms with van der Waals surface area (Å²) in [7, 11) is 0. The first-order valence-corrected chi connectivity index (χ1v) is 14.8. The largest absolute Gasteiger partial charge is 0.255 e. The average molecular weight is 520 g/mol. The third-order valence-electron chi connectivity index (χ3n) is 7.20. The summed E-state index contributed by atoms with van der Waals surface area (Å²) < 4.78 is 2.66. The van der Waals surface area contributed by atoms with Gasteiger partial charge in [-0.2, -0.15) is 0 Å². The number of hydrogen-bond donors (Lipinski definition) is 0. The van der Waals surface area contributed by atoms with E-state index in [0.717, 1.165) is 12.1 Å². The van der Waals surface area contributed by atoms with E-state index in [9.17, 15) is 0 Å². The summed E-state index contributed by atoms with van der Waals surface area (Å²) in [6.45, 7) is 13.7. The third-order valence-corrected chi connectivity index (χ3v) is 9.44. The monoisotopic (exact) mass is 519 g/mol. The number of fused-ring (bicyclic) bond motifs is 3. The molecule has 0 N–H and O–H groups in total. The van der Waals surface area contributed by atoms with Gasteiger partial charge in [0.1, 0.15) is 0 Å². The van der Waals surface area contributed by atoms with Crippen molar-refractivity contribution in [1.29, 1.82) is 0 Å². The molecule has 0 radical (unpaired) electrons. The van der Waals surface area contributed by atoms with Crippen LogP contribution in [-0.4, -0.2) is 4.98 Å². The van der Waals surface area contributed by atoms with Crippen molar-refractivity contribution in [2.75, 3.05) is 0 Å². The van der Waals surface area contributed by atoms with E-state index in [2.05, 4.69) is 108 Å². The molecule has 0 aliphatic carbocycles. The molecule has 0 fully saturated rings. The number of benzene rings is 3. The fourth-order valence-corrected chi connectivity index (χ4v) is 8.02. The molecule has 1 nitrogen and oxygen atoms in total. The number of nitrogens with zero attached hydrogens (tertiary/aromatic N) is 1. The Morgan fingerprint density at radius 1 is 0.838 bits per heavy atom. The molecule has 0 aliphatic heterocycles. The van der Waals surface area contributed by atoms with Crippen LogP contribution in [0.4, 0.5) is 0 Å². The van der Waals surface area contributed by atoms with Gasteiger partial charge >= 0.3 is 0 Å². The van der Waals surface area contributed by atoms with E-state index in [1.807, 2.05) is 28.9 Å². The van der Waals surface area contributed by atoms with Crippen LogP contribution < -0.4 is 0 Å². The van der Waals surface area contributed by atoms with Gasteiger partial charge in [-0.15, -0.1) is 22.7 Å². The van der Waals surface area contributed by atoms with Gasteiger partial charge in [-0.05, 0) is 82.3 Å². The zero-order valence-corrected chi connectivity index (χ0v) is 24.1. The summed E-state index contributed by atoms with van der Waals surface area (Å²) in [5.41, 5.74) is 6.52. The van der Waals surface area contributed by atoms with Gasteiger partial charge in [0.15, 0.2) is 0 Å². The van der Waals surface area contributed by atoms with Crippen LogP contribution in [0, 0.1) is 12.8 Å². The highest BCUT2D eigenvalue weighted by atomic mass is 32.1. The lowest BCUT2D eigenvalue weighted by molar-refractivity contribution is 0.596. The summed E-state index contributed by atoms with van der Waals surface area (Å²) in [5, 5.41) is 5.25. The van der Waals surface area contributed by atoms with Crippen LogP contribution in [0.15, 0.2) is 72.9 Å². The van der Waals surface area contributed by atoms with Crippen LogP contribution in [0.3, 0.4) is 0 Å². The Labute approximate surface area is 227 Å². The van der Waals surface area contributed by atoms with Crippen molar-refractivity contribution in [3.05, 3.63) is 88.9 Å². The smallest absolute Gasteiger partial charge is 0.0880 e. The van der Waals surface area contributed by atoms with Crippen molar-refractivity contribution in [2.24, 2.45) is 5.92 Å². The molecule has 3 heteroatoms. The van der Waals surface area contributed by atoms with Gasteiger partial charge in [0, 0.05) is 37.2 Å². The Balaban J connectivity index is 1.52. The molecule has 0 spiro atoms. The Hall–Kier alpha value is -3.01. The minimum absolute atomic E-state index is 0.0469. The zero-order chi connectivity index (χ0) is 25.9. The van der Waals surface area contributed by atoms with Gasteiger partial charge in [0.25, 0.3) is 0 Å². The van der Waals surface area contributed by atoms with Crippen molar-refractivity contribution in [1.82, 2.24) is 4.98 Å². The second-order valence-electron chi connectivity index (χ2n) is 11.6. The van der Waals surface area contributed by atoms with E-state index in [-0.39, 0.29) is 5.41 Å². The molecule has 37 heavy (non-hydrogen) atoms. The average Bonchev–Trinajstić information content (AvgIpc) is 3.41. The van der Waals surface area contributed by atoms with E-state index in [1.54, 1.807) is 0 Å². The lowest BCUT2D eigenvalue weighted by Gasteiger charge is -2.22. The summed E-state index contributed by atoms with van der Waals surface area (Å²) >= 11 is 3.81. The van der Waals surface area contributed by atoms with Crippen LogP contribution in [0.1, 0.15) is 50.6 Å². The fourth-order valence-electron chi connectivity index (χ4n) is 5.53.